The molecule has 0 saturated carbocycles. The Morgan fingerprint density at radius 3 is 2.88 bits per heavy atom. The molecule has 3 nitrogen and oxygen atoms in total. The molecule has 2 rings (SSSR count). The Hall–Kier alpha value is -1.22. The van der Waals surface area contributed by atoms with Gasteiger partial charge in [-0.05, 0) is 45.0 Å². The van der Waals surface area contributed by atoms with Gasteiger partial charge in [0.05, 0.1) is 5.69 Å². The predicted molar refractivity (Wildman–Crippen MR) is 63.6 cm³/mol. The van der Waals surface area contributed by atoms with Crippen LogP contribution in [0.4, 0.5) is 0 Å². The molecule has 86 valence electrons. The third-order valence-electron chi connectivity index (χ3n) is 3.13. The van der Waals surface area contributed by atoms with E-state index in [1.54, 1.807) is 13.1 Å². The van der Waals surface area contributed by atoms with E-state index in [1.165, 1.54) is 25.9 Å². The minimum atomic E-state index is 0.115. The standard InChI is InChI=1S/C13H18N2O/c1-11(16)12-5-4-7-14-13(12)6-10-15-8-2-3-9-15/h4-5,7H,2-3,6,8-10H2,1H3. The molecule has 0 atom stereocenters. The number of hydrogen-bond donors (Lipinski definition) is 0. The zero-order valence-electron chi connectivity index (χ0n) is 9.78. The lowest BCUT2D eigenvalue weighted by Crippen LogP contribution is -2.23. The Kier molecular flexibility index (Phi) is 3.67. The topological polar surface area (TPSA) is 33.2 Å². The van der Waals surface area contributed by atoms with Gasteiger partial charge >= 0.3 is 0 Å². The van der Waals surface area contributed by atoms with E-state index in [4.69, 9.17) is 0 Å². The molecular formula is C13H18N2O. The first-order chi connectivity index (χ1) is 7.77. The van der Waals surface area contributed by atoms with Crippen molar-refractivity contribution >= 4 is 5.78 Å². The fourth-order valence-electron chi connectivity index (χ4n) is 2.23. The van der Waals surface area contributed by atoms with Crippen molar-refractivity contribution in [2.24, 2.45) is 0 Å². The van der Waals surface area contributed by atoms with Gasteiger partial charge in [0.2, 0.25) is 0 Å². The number of carbonyl (C=O) groups excluding carboxylic acids is 1. The summed E-state index contributed by atoms with van der Waals surface area (Å²) >= 11 is 0. The van der Waals surface area contributed by atoms with Crippen molar-refractivity contribution in [1.82, 2.24) is 9.88 Å². The molecule has 0 aromatic carbocycles. The summed E-state index contributed by atoms with van der Waals surface area (Å²) < 4.78 is 0. The number of likely N-dealkylation sites (tertiary alicyclic amines) is 1. The molecule has 3 heteroatoms. The fourth-order valence-corrected chi connectivity index (χ4v) is 2.23. The van der Waals surface area contributed by atoms with Crippen molar-refractivity contribution in [2.45, 2.75) is 26.2 Å². The Morgan fingerprint density at radius 2 is 2.19 bits per heavy atom. The Bertz CT molecular complexity index is 370. The summed E-state index contributed by atoms with van der Waals surface area (Å²) in [7, 11) is 0. The van der Waals surface area contributed by atoms with Crippen LogP contribution in [0.5, 0.6) is 0 Å². The van der Waals surface area contributed by atoms with E-state index in [9.17, 15) is 4.79 Å². The minimum Gasteiger partial charge on any atom is -0.303 e. The van der Waals surface area contributed by atoms with Crippen molar-refractivity contribution in [3.63, 3.8) is 0 Å². The molecule has 1 aromatic rings. The van der Waals surface area contributed by atoms with Gasteiger partial charge in [-0.1, -0.05) is 0 Å². The predicted octanol–water partition coefficient (Wildman–Crippen LogP) is 1.92. The average molecular weight is 218 g/mol. The lowest BCUT2D eigenvalue weighted by molar-refractivity contribution is 0.101. The molecule has 0 unspecified atom stereocenters. The number of carbonyl (C=O) groups is 1. The molecule has 0 radical (unpaired) electrons. The summed E-state index contributed by atoms with van der Waals surface area (Å²) in [4.78, 5) is 18.2. The highest BCUT2D eigenvalue weighted by Crippen LogP contribution is 2.11. The number of ketones is 1. The van der Waals surface area contributed by atoms with Crippen molar-refractivity contribution < 1.29 is 4.79 Å². The summed E-state index contributed by atoms with van der Waals surface area (Å²) in [6, 6.07) is 3.70. The largest absolute Gasteiger partial charge is 0.303 e. The van der Waals surface area contributed by atoms with E-state index in [-0.39, 0.29) is 5.78 Å². The summed E-state index contributed by atoms with van der Waals surface area (Å²) in [5.74, 6) is 0.115. The smallest absolute Gasteiger partial charge is 0.161 e. The maximum absolute atomic E-state index is 11.4. The van der Waals surface area contributed by atoms with E-state index in [1.807, 2.05) is 12.1 Å². The molecule has 1 aromatic heterocycles. The van der Waals surface area contributed by atoms with Gasteiger partial charge in [-0.25, -0.2) is 0 Å². The van der Waals surface area contributed by atoms with Gasteiger partial charge in [0.1, 0.15) is 0 Å². The van der Waals surface area contributed by atoms with Crippen molar-refractivity contribution in [1.29, 1.82) is 0 Å². The summed E-state index contributed by atoms with van der Waals surface area (Å²) in [6.45, 7) is 5.03. The van der Waals surface area contributed by atoms with E-state index in [0.717, 1.165) is 24.2 Å². The number of rotatable bonds is 4. The van der Waals surface area contributed by atoms with Crippen LogP contribution in [-0.2, 0) is 6.42 Å². The molecule has 0 N–H and O–H groups in total. The fraction of sp³-hybridized carbons (Fsp3) is 0.538. The molecule has 1 saturated heterocycles. The number of pyridine rings is 1. The average Bonchev–Trinajstić information content (AvgIpc) is 2.79. The van der Waals surface area contributed by atoms with Crippen molar-refractivity contribution in [3.8, 4) is 0 Å². The Morgan fingerprint density at radius 1 is 1.44 bits per heavy atom. The zero-order chi connectivity index (χ0) is 11.4. The second-order valence-electron chi connectivity index (χ2n) is 4.35. The summed E-state index contributed by atoms with van der Waals surface area (Å²) in [5, 5.41) is 0. The summed E-state index contributed by atoms with van der Waals surface area (Å²) in [6.07, 6.45) is 5.27. The van der Waals surface area contributed by atoms with Crippen LogP contribution in [0.2, 0.25) is 0 Å². The maximum atomic E-state index is 11.4. The SMILES string of the molecule is CC(=O)c1cccnc1CCN1CCCC1. The number of Topliss-reactive ketones (excluding diaryl/α,β-unsaturated/α-hetero) is 1. The molecule has 1 fully saturated rings. The van der Waals surface area contributed by atoms with E-state index >= 15 is 0 Å². The van der Waals surface area contributed by atoms with Gasteiger partial charge in [0, 0.05) is 24.7 Å². The molecule has 0 aliphatic carbocycles. The second kappa shape index (κ2) is 5.21. The van der Waals surface area contributed by atoms with E-state index < -0.39 is 0 Å². The van der Waals surface area contributed by atoms with E-state index in [0.29, 0.717) is 0 Å². The highest BCUT2D eigenvalue weighted by atomic mass is 16.1. The van der Waals surface area contributed by atoms with Gasteiger partial charge in [-0.15, -0.1) is 0 Å². The molecule has 0 spiro atoms. The van der Waals surface area contributed by atoms with Crippen LogP contribution >= 0.6 is 0 Å². The molecule has 0 amide bonds. The minimum absolute atomic E-state index is 0.115. The molecule has 1 aliphatic rings. The van der Waals surface area contributed by atoms with Gasteiger partial charge in [-0.2, -0.15) is 0 Å². The van der Waals surface area contributed by atoms with E-state index in [2.05, 4.69) is 9.88 Å². The first-order valence-corrected chi connectivity index (χ1v) is 5.94. The van der Waals surface area contributed by atoms with Gasteiger partial charge in [-0.3, -0.25) is 9.78 Å². The third kappa shape index (κ3) is 2.67. The van der Waals surface area contributed by atoms with Crippen LogP contribution in [0.1, 0.15) is 35.8 Å². The zero-order valence-corrected chi connectivity index (χ0v) is 9.78. The first kappa shape index (κ1) is 11.3. The summed E-state index contributed by atoms with van der Waals surface area (Å²) in [5.41, 5.74) is 1.73. The van der Waals surface area contributed by atoms with Crippen LogP contribution in [0, 0.1) is 0 Å². The third-order valence-corrected chi connectivity index (χ3v) is 3.13. The maximum Gasteiger partial charge on any atom is 0.161 e. The van der Waals surface area contributed by atoms with Gasteiger partial charge in [0.15, 0.2) is 5.78 Å². The van der Waals surface area contributed by atoms with Crippen LogP contribution in [-0.4, -0.2) is 35.3 Å². The van der Waals surface area contributed by atoms with Gasteiger partial charge in [0.25, 0.3) is 0 Å². The highest BCUT2D eigenvalue weighted by molar-refractivity contribution is 5.95. The van der Waals surface area contributed by atoms with Crippen LogP contribution in [0.15, 0.2) is 18.3 Å². The lowest BCUT2D eigenvalue weighted by atomic mass is 10.1. The normalized spacial score (nSPS) is 16.6. The molecular weight excluding hydrogens is 200 g/mol. The highest BCUT2D eigenvalue weighted by Gasteiger charge is 2.13. The van der Waals surface area contributed by atoms with Crippen LogP contribution < -0.4 is 0 Å². The Balaban J connectivity index is 2.00. The van der Waals surface area contributed by atoms with Crippen LogP contribution in [0.25, 0.3) is 0 Å². The molecule has 1 aliphatic heterocycles. The second-order valence-corrected chi connectivity index (χ2v) is 4.35. The van der Waals surface area contributed by atoms with Gasteiger partial charge < -0.3 is 4.90 Å². The monoisotopic (exact) mass is 218 g/mol. The lowest BCUT2D eigenvalue weighted by Gasteiger charge is -2.14. The van der Waals surface area contributed by atoms with Crippen LogP contribution in [0.3, 0.4) is 0 Å². The number of aromatic nitrogens is 1. The number of hydrogen-bond acceptors (Lipinski definition) is 3. The molecule has 16 heavy (non-hydrogen) atoms. The molecule has 0 bridgehead atoms. The van der Waals surface area contributed by atoms with Crippen molar-refractivity contribution in [2.75, 3.05) is 19.6 Å². The quantitative estimate of drug-likeness (QED) is 0.724. The Labute approximate surface area is 96.5 Å². The first-order valence-electron chi connectivity index (χ1n) is 5.94. The van der Waals surface area contributed by atoms with Crippen molar-refractivity contribution in [3.05, 3.63) is 29.6 Å². The molecule has 2 heterocycles. The number of nitrogens with zero attached hydrogens (tertiary/aromatic N) is 2.